The maximum atomic E-state index is 15.2. The van der Waals surface area contributed by atoms with E-state index in [2.05, 4.69) is 15.9 Å². The van der Waals surface area contributed by atoms with Gasteiger partial charge >= 0.3 is 11.8 Å². The number of fused-ring (bicyclic) bond motifs is 1. The highest BCUT2D eigenvalue weighted by Crippen LogP contribution is 2.63. The van der Waals surface area contributed by atoms with Gasteiger partial charge in [0.25, 0.3) is 8.38 Å². The topological polar surface area (TPSA) is 44.8 Å². The van der Waals surface area contributed by atoms with Crippen LogP contribution in [0.1, 0.15) is 41.9 Å². The lowest BCUT2D eigenvalue weighted by atomic mass is 10.1. The van der Waals surface area contributed by atoms with Crippen LogP contribution in [-0.4, -0.2) is 32.3 Å². The summed E-state index contributed by atoms with van der Waals surface area (Å²) < 4.78 is 83.3. The van der Waals surface area contributed by atoms with Gasteiger partial charge in [0.05, 0.1) is 29.4 Å². The molecule has 0 saturated heterocycles. The molecule has 0 fully saturated rings. The number of benzene rings is 1. The SMILES string of the molecule is CCOP(OCC)C(F)(F)c1sc2c(OCCCC(F)(F)F)cc(C=O)cc2c1Br. The van der Waals surface area contributed by atoms with Crippen molar-refractivity contribution in [1.29, 1.82) is 0 Å². The molecule has 0 N–H and O–H groups in total. The van der Waals surface area contributed by atoms with Crippen molar-refractivity contribution in [2.75, 3.05) is 19.8 Å². The average molecular weight is 537 g/mol. The van der Waals surface area contributed by atoms with Crippen molar-refractivity contribution in [1.82, 2.24) is 0 Å². The molecule has 2 aromatic rings. The summed E-state index contributed by atoms with van der Waals surface area (Å²) in [5.41, 5.74) is -3.31. The quantitative estimate of drug-likeness (QED) is 0.128. The first-order chi connectivity index (χ1) is 14.0. The summed E-state index contributed by atoms with van der Waals surface area (Å²) in [7, 11) is -2.57. The van der Waals surface area contributed by atoms with Crippen molar-refractivity contribution in [3.05, 3.63) is 27.0 Å². The van der Waals surface area contributed by atoms with Gasteiger partial charge in [0.15, 0.2) is 0 Å². The van der Waals surface area contributed by atoms with Gasteiger partial charge < -0.3 is 13.8 Å². The molecule has 0 saturated carbocycles. The third kappa shape index (κ3) is 6.09. The Morgan fingerprint density at radius 3 is 2.30 bits per heavy atom. The number of hydrogen-bond acceptors (Lipinski definition) is 5. The van der Waals surface area contributed by atoms with Gasteiger partial charge in [0.2, 0.25) is 0 Å². The summed E-state index contributed by atoms with van der Waals surface area (Å²) in [5.74, 6) is 0.0710. The molecule has 0 atom stereocenters. The Bertz CT molecular complexity index is 868. The molecule has 0 bridgehead atoms. The summed E-state index contributed by atoms with van der Waals surface area (Å²) >= 11 is 3.89. The van der Waals surface area contributed by atoms with Gasteiger partial charge in [-0.1, -0.05) is 0 Å². The average Bonchev–Trinajstić information content (AvgIpc) is 3.01. The number of thiophene rings is 1. The largest absolute Gasteiger partial charge is 0.492 e. The van der Waals surface area contributed by atoms with Crippen molar-refractivity contribution in [3.8, 4) is 5.75 Å². The number of aldehydes is 1. The van der Waals surface area contributed by atoms with E-state index in [4.69, 9.17) is 13.8 Å². The van der Waals surface area contributed by atoms with Gasteiger partial charge in [-0.05, 0) is 48.3 Å². The normalized spacial score (nSPS) is 12.7. The van der Waals surface area contributed by atoms with E-state index in [1.165, 1.54) is 12.1 Å². The summed E-state index contributed by atoms with van der Waals surface area (Å²) in [6.07, 6.45) is -5.14. The molecule has 0 aliphatic carbocycles. The lowest BCUT2D eigenvalue weighted by Crippen LogP contribution is -2.13. The molecule has 2 rings (SSSR count). The van der Waals surface area contributed by atoms with E-state index in [-0.39, 0.29) is 51.6 Å². The van der Waals surface area contributed by atoms with Crippen LogP contribution in [0.25, 0.3) is 10.1 Å². The predicted molar refractivity (Wildman–Crippen MR) is 110 cm³/mol. The minimum atomic E-state index is -4.32. The Morgan fingerprint density at radius 2 is 1.77 bits per heavy atom. The zero-order valence-corrected chi connectivity index (χ0v) is 19.3. The van der Waals surface area contributed by atoms with Crippen LogP contribution < -0.4 is 4.74 Å². The van der Waals surface area contributed by atoms with Crippen molar-refractivity contribution >= 4 is 52.0 Å². The molecule has 30 heavy (non-hydrogen) atoms. The Hall–Kier alpha value is -0.870. The first-order valence-corrected chi connectivity index (χ1v) is 11.7. The molecule has 12 heteroatoms. The second kappa shape index (κ2) is 10.6. The number of ether oxygens (including phenoxy) is 1. The highest BCUT2D eigenvalue weighted by molar-refractivity contribution is 9.10. The number of halogens is 6. The fourth-order valence-electron chi connectivity index (χ4n) is 2.50. The second-order valence-corrected chi connectivity index (χ2v) is 9.37. The number of rotatable bonds is 11. The number of carbonyl (C=O) groups excluding carboxylic acids is 1. The molecule has 1 heterocycles. The van der Waals surface area contributed by atoms with Crippen LogP contribution in [0.2, 0.25) is 0 Å². The molecular weight excluding hydrogens is 518 g/mol. The maximum Gasteiger partial charge on any atom is 0.389 e. The maximum absolute atomic E-state index is 15.2. The minimum absolute atomic E-state index is 0.0344. The van der Waals surface area contributed by atoms with Crippen molar-refractivity contribution in [2.45, 2.75) is 38.5 Å². The molecule has 0 radical (unpaired) electrons. The predicted octanol–water partition coefficient (Wildman–Crippen LogP) is 7.63. The minimum Gasteiger partial charge on any atom is -0.492 e. The van der Waals surface area contributed by atoms with Gasteiger partial charge in [-0.25, -0.2) is 0 Å². The standard InChI is InChI=1S/C18H19BrF5O4PS/c1-3-27-29(28-4-2)18(23,24)16-14(19)12-8-11(10-25)9-13(15(12)30-16)26-7-5-6-17(20,21)22/h8-10H,3-7H2,1-2H3. The first-order valence-electron chi connectivity index (χ1n) is 8.90. The van der Waals surface area contributed by atoms with Gasteiger partial charge in [0, 0.05) is 21.8 Å². The molecule has 0 amide bonds. The zero-order valence-electron chi connectivity index (χ0n) is 16.0. The van der Waals surface area contributed by atoms with Crippen LogP contribution in [0, 0.1) is 0 Å². The van der Waals surface area contributed by atoms with E-state index in [0.29, 0.717) is 23.0 Å². The molecule has 1 aromatic heterocycles. The van der Waals surface area contributed by atoms with Gasteiger partial charge in [0.1, 0.15) is 12.0 Å². The third-order valence-electron chi connectivity index (χ3n) is 3.71. The van der Waals surface area contributed by atoms with Crippen LogP contribution >= 0.6 is 35.6 Å². The van der Waals surface area contributed by atoms with Crippen LogP contribution in [0.15, 0.2) is 16.6 Å². The Labute approximate surface area is 183 Å². The van der Waals surface area contributed by atoms with Crippen LogP contribution in [0.4, 0.5) is 22.0 Å². The van der Waals surface area contributed by atoms with Gasteiger partial charge in [-0.2, -0.15) is 22.0 Å². The van der Waals surface area contributed by atoms with Crippen molar-refractivity contribution < 1.29 is 40.5 Å². The van der Waals surface area contributed by atoms with Crippen LogP contribution in [-0.2, 0) is 14.7 Å². The van der Waals surface area contributed by atoms with Gasteiger partial charge in [-0.15, -0.1) is 11.3 Å². The molecular formula is C18H19BrF5O4PS. The third-order valence-corrected chi connectivity index (χ3v) is 7.91. The number of hydrogen-bond donors (Lipinski definition) is 0. The smallest absolute Gasteiger partial charge is 0.389 e. The summed E-state index contributed by atoms with van der Waals surface area (Å²) in [6, 6.07) is 2.73. The summed E-state index contributed by atoms with van der Waals surface area (Å²) in [6.45, 7) is 2.95. The van der Waals surface area contributed by atoms with E-state index in [1.54, 1.807) is 13.8 Å². The van der Waals surface area contributed by atoms with E-state index in [9.17, 15) is 18.0 Å². The Balaban J connectivity index is 2.44. The lowest BCUT2D eigenvalue weighted by molar-refractivity contribution is -0.136. The monoisotopic (exact) mass is 536 g/mol. The van der Waals surface area contributed by atoms with E-state index in [0.717, 1.165) is 0 Å². The molecule has 0 spiro atoms. The highest BCUT2D eigenvalue weighted by atomic mass is 79.9. The molecule has 168 valence electrons. The van der Waals surface area contributed by atoms with E-state index < -0.39 is 26.6 Å². The van der Waals surface area contributed by atoms with E-state index >= 15 is 8.78 Å². The fourth-order valence-corrected chi connectivity index (χ4v) is 6.11. The highest BCUT2D eigenvalue weighted by Gasteiger charge is 2.48. The molecule has 0 aliphatic heterocycles. The van der Waals surface area contributed by atoms with Crippen molar-refractivity contribution in [3.63, 3.8) is 0 Å². The number of alkyl halides is 5. The first kappa shape index (κ1) is 25.4. The fraction of sp³-hybridized carbons (Fsp3) is 0.500. The molecule has 1 aromatic carbocycles. The van der Waals surface area contributed by atoms with Crippen LogP contribution in [0.3, 0.4) is 0 Å². The van der Waals surface area contributed by atoms with Crippen LogP contribution in [0.5, 0.6) is 5.75 Å². The number of carbonyl (C=O) groups is 1. The molecule has 0 aliphatic rings. The molecule has 0 unspecified atom stereocenters. The Kier molecular flexibility index (Phi) is 9.00. The van der Waals surface area contributed by atoms with Gasteiger partial charge in [-0.3, -0.25) is 4.79 Å². The molecule has 4 nitrogen and oxygen atoms in total. The second-order valence-electron chi connectivity index (χ2n) is 5.96. The van der Waals surface area contributed by atoms with E-state index in [1.807, 2.05) is 0 Å². The lowest BCUT2D eigenvalue weighted by Gasteiger charge is -2.24. The zero-order chi connectivity index (χ0) is 22.5. The summed E-state index contributed by atoms with van der Waals surface area (Å²) in [4.78, 5) is 10.9. The van der Waals surface area contributed by atoms with Crippen molar-refractivity contribution in [2.24, 2.45) is 0 Å². The Morgan fingerprint density at radius 1 is 1.13 bits per heavy atom. The summed E-state index contributed by atoms with van der Waals surface area (Å²) in [5, 5.41) is 0.299.